The van der Waals surface area contributed by atoms with Crippen LogP contribution in [0.4, 0.5) is 5.69 Å². The molecule has 1 atom stereocenters. The summed E-state index contributed by atoms with van der Waals surface area (Å²) in [6.45, 7) is 8.26. The topological polar surface area (TPSA) is 63.3 Å². The van der Waals surface area contributed by atoms with Crippen LogP contribution in [0, 0.1) is 22.8 Å². The van der Waals surface area contributed by atoms with Gasteiger partial charge in [-0.25, -0.2) is 5.01 Å². The van der Waals surface area contributed by atoms with Gasteiger partial charge in [0.15, 0.2) is 11.9 Å². The Bertz CT molecular complexity index is 628. The van der Waals surface area contributed by atoms with Crippen molar-refractivity contribution >= 4 is 5.69 Å². The van der Waals surface area contributed by atoms with E-state index in [1.165, 1.54) is 16.8 Å². The lowest BCUT2D eigenvalue weighted by atomic mass is 9.87. The molecule has 0 N–H and O–H groups in total. The van der Waals surface area contributed by atoms with E-state index in [4.69, 9.17) is 10.00 Å². The number of rotatable bonds is 1. The number of benzene rings is 1. The Labute approximate surface area is 125 Å². The fraction of sp³-hybridized carbons (Fsp3) is 0.375. The summed E-state index contributed by atoms with van der Waals surface area (Å²) in [7, 11) is 0. The fourth-order valence-electron chi connectivity index (χ4n) is 2.16. The van der Waals surface area contributed by atoms with Crippen molar-refractivity contribution in [3.8, 4) is 12.3 Å². The Morgan fingerprint density at radius 1 is 1.14 bits per heavy atom. The van der Waals surface area contributed by atoms with E-state index in [9.17, 15) is 5.26 Å². The minimum atomic E-state index is -0.359. The van der Waals surface area contributed by atoms with Gasteiger partial charge in [-0.2, -0.15) is 15.5 Å². The molecule has 0 bridgehead atoms. The van der Waals surface area contributed by atoms with Gasteiger partial charge in [0.05, 0.1) is 5.69 Å². The largest absolute Gasteiger partial charge is 0.474 e. The number of ether oxygens (including phenoxy) is 1. The third kappa shape index (κ3) is 2.78. The fourth-order valence-corrected chi connectivity index (χ4v) is 2.16. The lowest BCUT2D eigenvalue weighted by Crippen LogP contribution is -2.48. The molecular weight excluding hydrogens is 264 g/mol. The highest BCUT2D eigenvalue weighted by Crippen LogP contribution is 2.29. The highest BCUT2D eigenvalue weighted by atomic mass is 16.5. The Morgan fingerprint density at radius 3 is 2.24 bits per heavy atom. The van der Waals surface area contributed by atoms with Crippen LogP contribution in [-0.2, 0) is 10.2 Å². The zero-order chi connectivity index (χ0) is 15.6. The highest BCUT2D eigenvalue weighted by molar-refractivity contribution is 5.50. The molecule has 0 spiro atoms. The summed E-state index contributed by atoms with van der Waals surface area (Å²) in [6, 6.07) is 9.89. The molecule has 0 aromatic heterocycles. The van der Waals surface area contributed by atoms with E-state index in [-0.39, 0.29) is 17.3 Å². The van der Waals surface area contributed by atoms with Crippen molar-refractivity contribution < 1.29 is 4.74 Å². The molecule has 5 heteroatoms. The number of hydrogen-bond acceptors (Lipinski definition) is 5. The molecule has 0 radical (unpaired) electrons. The Kier molecular flexibility index (Phi) is 3.78. The first kappa shape index (κ1) is 14.7. The molecule has 108 valence electrons. The average molecular weight is 282 g/mol. The molecule has 0 aliphatic carbocycles. The van der Waals surface area contributed by atoms with Crippen LogP contribution in [0.15, 0.2) is 36.2 Å². The van der Waals surface area contributed by atoms with Crippen molar-refractivity contribution in [3.63, 3.8) is 0 Å². The predicted octanol–water partition coefficient (Wildman–Crippen LogP) is 3.23. The third-order valence-electron chi connectivity index (χ3n) is 3.37. The maximum absolute atomic E-state index is 9.31. The van der Waals surface area contributed by atoms with Gasteiger partial charge in [-0.05, 0) is 30.0 Å². The second kappa shape index (κ2) is 5.38. The number of nitriles is 2. The van der Waals surface area contributed by atoms with E-state index in [1.807, 2.05) is 43.5 Å². The van der Waals surface area contributed by atoms with Crippen LogP contribution >= 0.6 is 0 Å². The zero-order valence-corrected chi connectivity index (χ0v) is 12.7. The SMILES string of the molecule is CC1OC=C(C#N)N(C#N)N1c1ccc(C(C)(C)C)cc1. The first-order chi connectivity index (χ1) is 9.88. The molecular formula is C16H18N4O. The summed E-state index contributed by atoms with van der Waals surface area (Å²) < 4.78 is 5.43. The summed E-state index contributed by atoms with van der Waals surface area (Å²) in [5.41, 5.74) is 2.24. The summed E-state index contributed by atoms with van der Waals surface area (Å²) in [6.07, 6.45) is 2.97. The van der Waals surface area contributed by atoms with Crippen molar-refractivity contribution in [1.29, 1.82) is 10.5 Å². The number of hydrazine groups is 1. The van der Waals surface area contributed by atoms with E-state index in [0.717, 1.165) is 5.69 Å². The van der Waals surface area contributed by atoms with Gasteiger partial charge >= 0.3 is 0 Å². The van der Waals surface area contributed by atoms with Gasteiger partial charge < -0.3 is 4.74 Å². The highest BCUT2D eigenvalue weighted by Gasteiger charge is 2.29. The molecule has 1 unspecified atom stereocenters. The first-order valence-electron chi connectivity index (χ1n) is 6.74. The second-order valence-corrected chi connectivity index (χ2v) is 5.90. The van der Waals surface area contributed by atoms with Crippen LogP contribution in [0.3, 0.4) is 0 Å². The van der Waals surface area contributed by atoms with Crippen molar-refractivity contribution in [1.82, 2.24) is 5.01 Å². The Morgan fingerprint density at radius 2 is 1.76 bits per heavy atom. The molecule has 0 amide bonds. The summed E-state index contributed by atoms with van der Waals surface area (Å²) in [5, 5.41) is 21.3. The standard InChI is InChI=1S/C16H18N4O/c1-12-20(19(11-18)15(9-17)10-21-12)14-7-5-13(6-8-14)16(2,3)4/h5-8,10,12H,1-4H3. The van der Waals surface area contributed by atoms with E-state index < -0.39 is 0 Å². The van der Waals surface area contributed by atoms with Gasteiger partial charge in [0.2, 0.25) is 6.19 Å². The molecule has 0 saturated carbocycles. The van der Waals surface area contributed by atoms with Crippen molar-refractivity contribution in [2.45, 2.75) is 39.3 Å². The first-order valence-corrected chi connectivity index (χ1v) is 6.74. The molecule has 2 rings (SSSR count). The van der Waals surface area contributed by atoms with E-state index in [1.54, 1.807) is 5.01 Å². The number of anilines is 1. The van der Waals surface area contributed by atoms with E-state index >= 15 is 0 Å². The van der Waals surface area contributed by atoms with E-state index in [0.29, 0.717) is 0 Å². The summed E-state index contributed by atoms with van der Waals surface area (Å²) in [4.78, 5) is 0. The van der Waals surface area contributed by atoms with Crippen molar-refractivity contribution in [2.24, 2.45) is 0 Å². The van der Waals surface area contributed by atoms with Gasteiger partial charge in [0.1, 0.15) is 12.3 Å². The Balaban J connectivity index is 2.38. The molecule has 21 heavy (non-hydrogen) atoms. The van der Waals surface area contributed by atoms with Crippen LogP contribution in [0.5, 0.6) is 0 Å². The van der Waals surface area contributed by atoms with Crippen LogP contribution < -0.4 is 5.01 Å². The molecule has 1 aliphatic heterocycles. The smallest absolute Gasteiger partial charge is 0.206 e. The van der Waals surface area contributed by atoms with Gasteiger partial charge in [-0.15, -0.1) is 0 Å². The second-order valence-electron chi connectivity index (χ2n) is 5.90. The molecule has 0 saturated heterocycles. The summed E-state index contributed by atoms with van der Waals surface area (Å²) in [5.74, 6) is 0. The molecule has 1 aromatic carbocycles. The van der Waals surface area contributed by atoms with Gasteiger partial charge in [-0.1, -0.05) is 32.9 Å². The van der Waals surface area contributed by atoms with Gasteiger partial charge in [-0.3, -0.25) is 0 Å². The predicted molar refractivity (Wildman–Crippen MR) is 79.3 cm³/mol. The number of nitrogens with zero attached hydrogens (tertiary/aromatic N) is 4. The van der Waals surface area contributed by atoms with Crippen LogP contribution in [0.1, 0.15) is 33.3 Å². The quantitative estimate of drug-likeness (QED) is 0.740. The molecule has 5 nitrogen and oxygen atoms in total. The molecule has 0 fully saturated rings. The molecule has 1 aromatic rings. The minimum Gasteiger partial charge on any atom is -0.474 e. The van der Waals surface area contributed by atoms with Crippen LogP contribution in [0.2, 0.25) is 0 Å². The maximum Gasteiger partial charge on any atom is 0.206 e. The monoisotopic (exact) mass is 282 g/mol. The zero-order valence-electron chi connectivity index (χ0n) is 12.7. The third-order valence-corrected chi connectivity index (χ3v) is 3.37. The van der Waals surface area contributed by atoms with Gasteiger partial charge in [0, 0.05) is 0 Å². The van der Waals surface area contributed by atoms with Crippen LogP contribution in [0.25, 0.3) is 0 Å². The van der Waals surface area contributed by atoms with Crippen molar-refractivity contribution in [2.75, 3.05) is 5.01 Å². The average Bonchev–Trinajstić information content (AvgIpc) is 2.46. The number of hydrogen-bond donors (Lipinski definition) is 0. The maximum atomic E-state index is 9.31. The molecule has 1 aliphatic rings. The lowest BCUT2D eigenvalue weighted by Gasteiger charge is -2.38. The number of allylic oxidation sites excluding steroid dienone is 1. The lowest BCUT2D eigenvalue weighted by molar-refractivity contribution is 0.0924. The molecule has 1 heterocycles. The minimum absolute atomic E-state index is 0.0647. The summed E-state index contributed by atoms with van der Waals surface area (Å²) >= 11 is 0. The van der Waals surface area contributed by atoms with Gasteiger partial charge in [0.25, 0.3) is 0 Å². The normalized spacial score (nSPS) is 18.4. The van der Waals surface area contributed by atoms with Crippen LogP contribution in [-0.4, -0.2) is 11.2 Å². The van der Waals surface area contributed by atoms with Crippen molar-refractivity contribution in [3.05, 3.63) is 41.8 Å². The van der Waals surface area contributed by atoms with E-state index in [2.05, 4.69) is 20.8 Å². The Hall–Kier alpha value is -2.66.